The molecule has 11 nitrogen and oxygen atoms in total. The van der Waals surface area contributed by atoms with E-state index in [0.29, 0.717) is 12.8 Å². The van der Waals surface area contributed by atoms with Gasteiger partial charge in [-0.2, -0.15) is 0 Å². The van der Waals surface area contributed by atoms with Crippen molar-refractivity contribution in [2.45, 2.75) is 359 Å². The van der Waals surface area contributed by atoms with Crippen LogP contribution in [0, 0.1) is 0 Å². The normalized spacial score (nSPS) is 19.2. The molecule has 1 heterocycles. The fourth-order valence-corrected chi connectivity index (χ4v) is 10.3. The molecule has 0 radical (unpaired) electrons. The van der Waals surface area contributed by atoms with Gasteiger partial charge in [0, 0.05) is 6.42 Å². The molecule has 77 heavy (non-hydrogen) atoms. The number of ether oxygens (including phenoxy) is 3. The average Bonchev–Trinajstić information content (AvgIpc) is 3.43. The van der Waals surface area contributed by atoms with Crippen LogP contribution in [-0.2, 0) is 23.8 Å². The zero-order valence-corrected chi connectivity index (χ0v) is 50.1. The van der Waals surface area contributed by atoms with Gasteiger partial charge in [-0.1, -0.05) is 263 Å². The summed E-state index contributed by atoms with van der Waals surface area (Å²) in [5.41, 5.74) is 0. The lowest BCUT2D eigenvalue weighted by molar-refractivity contribution is -0.305. The minimum absolute atomic E-state index is 0.123. The van der Waals surface area contributed by atoms with Crippen LogP contribution < -0.4 is 5.32 Å². The fraction of sp³-hybridized carbons (Fsp3) is 0.879. The lowest BCUT2D eigenvalue weighted by atomic mass is 9.99. The number of carbonyl (C=O) groups excluding carboxylic acids is 2. The van der Waals surface area contributed by atoms with Crippen LogP contribution in [0.2, 0.25) is 0 Å². The van der Waals surface area contributed by atoms with Crippen molar-refractivity contribution in [2.75, 3.05) is 13.2 Å². The summed E-state index contributed by atoms with van der Waals surface area (Å²) < 4.78 is 17.7. The number of amides is 1. The SMILES string of the molecule is CCCCCCCC/C=C/CCCCCCCCCCCC(=O)OC1C(OCC(NC(=O)C(O)CCCCCCCC/C=C/CCCCCCCC)C(O)/C=C/CCCCCCCCCCCCC)OC(CO)C(O)C1O. The predicted octanol–water partition coefficient (Wildman–Crippen LogP) is 15.8. The maximum atomic E-state index is 13.4. The number of carbonyl (C=O) groups is 2. The van der Waals surface area contributed by atoms with Crippen LogP contribution in [0.4, 0.5) is 0 Å². The van der Waals surface area contributed by atoms with Crippen molar-refractivity contribution in [2.24, 2.45) is 0 Å². The van der Waals surface area contributed by atoms with Gasteiger partial charge in [-0.05, 0) is 77.0 Å². The Hall–Kier alpha value is -2.12. The van der Waals surface area contributed by atoms with Gasteiger partial charge in [-0.15, -0.1) is 0 Å². The van der Waals surface area contributed by atoms with Gasteiger partial charge in [-0.3, -0.25) is 9.59 Å². The highest BCUT2D eigenvalue weighted by Crippen LogP contribution is 2.26. The molecule has 1 fully saturated rings. The zero-order chi connectivity index (χ0) is 56.1. The van der Waals surface area contributed by atoms with Crippen molar-refractivity contribution in [1.82, 2.24) is 5.32 Å². The first-order valence-corrected chi connectivity index (χ1v) is 32.8. The third-order valence-electron chi connectivity index (χ3n) is 15.5. The van der Waals surface area contributed by atoms with Gasteiger partial charge < -0.3 is 45.1 Å². The zero-order valence-electron chi connectivity index (χ0n) is 50.1. The third kappa shape index (κ3) is 42.4. The van der Waals surface area contributed by atoms with Gasteiger partial charge >= 0.3 is 5.97 Å². The molecule has 0 saturated carbocycles. The van der Waals surface area contributed by atoms with E-state index >= 15 is 0 Å². The van der Waals surface area contributed by atoms with E-state index in [2.05, 4.69) is 50.4 Å². The Labute approximate surface area is 473 Å². The van der Waals surface area contributed by atoms with Crippen LogP contribution >= 0.6 is 0 Å². The third-order valence-corrected chi connectivity index (χ3v) is 15.5. The molecule has 1 saturated heterocycles. The Bertz CT molecular complexity index is 1390. The molecule has 0 aromatic carbocycles. The van der Waals surface area contributed by atoms with Crippen molar-refractivity contribution in [3.63, 3.8) is 0 Å². The van der Waals surface area contributed by atoms with E-state index in [0.717, 1.165) is 70.6 Å². The molecule has 0 aromatic heterocycles. The van der Waals surface area contributed by atoms with Gasteiger partial charge in [0.1, 0.15) is 24.4 Å². The molecule has 452 valence electrons. The van der Waals surface area contributed by atoms with Crippen LogP contribution in [-0.4, -0.2) is 99.6 Å². The summed E-state index contributed by atoms with van der Waals surface area (Å²) in [6, 6.07) is -1.02. The Balaban J connectivity index is 2.66. The molecule has 0 aromatic rings. The quantitative estimate of drug-likeness (QED) is 0.0195. The molecular weight excluding hydrogens is 967 g/mol. The molecule has 11 heteroatoms. The van der Waals surface area contributed by atoms with Crippen LogP contribution in [0.1, 0.15) is 310 Å². The van der Waals surface area contributed by atoms with Crippen molar-refractivity contribution in [3.8, 4) is 0 Å². The van der Waals surface area contributed by atoms with Crippen molar-refractivity contribution in [3.05, 3.63) is 36.5 Å². The summed E-state index contributed by atoms with van der Waals surface area (Å²) in [7, 11) is 0. The Morgan fingerprint density at radius 1 is 0.494 bits per heavy atom. The topological polar surface area (TPSA) is 175 Å². The number of aliphatic hydroxyl groups is 5. The molecular formula is C66H123NO10. The highest BCUT2D eigenvalue weighted by molar-refractivity contribution is 5.80. The van der Waals surface area contributed by atoms with Crippen LogP contribution in [0.5, 0.6) is 0 Å². The van der Waals surface area contributed by atoms with Crippen LogP contribution in [0.15, 0.2) is 36.5 Å². The monoisotopic (exact) mass is 1090 g/mol. The van der Waals surface area contributed by atoms with Gasteiger partial charge in [0.25, 0.3) is 0 Å². The predicted molar refractivity (Wildman–Crippen MR) is 320 cm³/mol. The summed E-state index contributed by atoms with van der Waals surface area (Å²) in [4.78, 5) is 26.6. The second-order valence-electron chi connectivity index (χ2n) is 22.8. The molecule has 1 amide bonds. The first kappa shape index (κ1) is 72.9. The van der Waals surface area contributed by atoms with Crippen molar-refractivity contribution >= 4 is 11.9 Å². The standard InChI is InChI=1S/C66H123NO10/c1-4-7-10-13-16-19-22-25-27-29-30-31-33-36-39-42-45-48-51-54-61(71)77-64-63(73)62(72)60(55-68)76-66(64)75-56-57(58(69)52-49-46-43-40-37-34-24-21-18-15-12-9-6-3)67-65(74)59(70)53-50-47-44-41-38-35-32-28-26-23-20-17-14-11-8-5-2/h25-28,49,52,57-60,62-64,66,68-70,72-73H,4-24,29-48,50-51,53-56H2,1-3H3,(H,67,74)/b27-25+,28-26+,52-49+. The Morgan fingerprint density at radius 2 is 0.857 bits per heavy atom. The number of hydrogen-bond acceptors (Lipinski definition) is 10. The fourth-order valence-electron chi connectivity index (χ4n) is 10.3. The first-order valence-electron chi connectivity index (χ1n) is 32.8. The number of rotatable bonds is 56. The smallest absolute Gasteiger partial charge is 0.306 e. The molecule has 8 unspecified atom stereocenters. The Kier molecular flexibility index (Phi) is 51.6. The van der Waals surface area contributed by atoms with Crippen molar-refractivity contribution in [1.29, 1.82) is 0 Å². The molecule has 0 spiro atoms. The van der Waals surface area contributed by atoms with Crippen LogP contribution in [0.3, 0.4) is 0 Å². The number of hydrogen-bond donors (Lipinski definition) is 6. The molecule has 6 N–H and O–H groups in total. The molecule has 1 aliphatic rings. The lowest BCUT2D eigenvalue weighted by Crippen LogP contribution is -2.61. The second kappa shape index (κ2) is 54.5. The number of aliphatic hydroxyl groups excluding tert-OH is 5. The lowest BCUT2D eigenvalue weighted by Gasteiger charge is -2.41. The molecule has 1 aliphatic heterocycles. The largest absolute Gasteiger partial charge is 0.454 e. The minimum atomic E-state index is -1.61. The van der Waals surface area contributed by atoms with Gasteiger partial charge in [0.05, 0.1) is 25.4 Å². The summed E-state index contributed by atoms with van der Waals surface area (Å²) in [5.74, 6) is -1.19. The summed E-state index contributed by atoms with van der Waals surface area (Å²) >= 11 is 0. The molecule has 8 atom stereocenters. The number of allylic oxidation sites excluding steroid dienone is 5. The summed E-state index contributed by atoms with van der Waals surface area (Å²) in [6.45, 7) is 5.81. The highest BCUT2D eigenvalue weighted by atomic mass is 16.7. The van der Waals surface area contributed by atoms with E-state index in [-0.39, 0.29) is 19.4 Å². The van der Waals surface area contributed by atoms with E-state index in [4.69, 9.17) is 14.2 Å². The molecule has 0 aliphatic carbocycles. The number of esters is 1. The van der Waals surface area contributed by atoms with Gasteiger partial charge in [-0.25, -0.2) is 0 Å². The second-order valence-corrected chi connectivity index (χ2v) is 22.8. The molecule has 1 rings (SSSR count). The van der Waals surface area contributed by atoms with E-state index in [1.54, 1.807) is 6.08 Å². The highest BCUT2D eigenvalue weighted by Gasteiger charge is 2.47. The van der Waals surface area contributed by atoms with Gasteiger partial charge in [0.15, 0.2) is 12.4 Å². The summed E-state index contributed by atoms with van der Waals surface area (Å²) in [5, 5.41) is 57.1. The van der Waals surface area contributed by atoms with E-state index in [9.17, 15) is 35.1 Å². The first-order chi connectivity index (χ1) is 37.7. The number of unbranched alkanes of at least 4 members (excludes halogenated alkanes) is 38. The molecule has 0 bridgehead atoms. The van der Waals surface area contributed by atoms with Crippen molar-refractivity contribution < 1.29 is 49.3 Å². The van der Waals surface area contributed by atoms with Crippen LogP contribution in [0.25, 0.3) is 0 Å². The maximum absolute atomic E-state index is 13.4. The maximum Gasteiger partial charge on any atom is 0.306 e. The van der Waals surface area contributed by atoms with E-state index in [1.165, 1.54) is 193 Å². The van der Waals surface area contributed by atoms with E-state index < -0.39 is 67.4 Å². The minimum Gasteiger partial charge on any atom is -0.454 e. The van der Waals surface area contributed by atoms with Gasteiger partial charge in [0.2, 0.25) is 5.91 Å². The number of nitrogens with one attached hydrogen (secondary N) is 1. The van der Waals surface area contributed by atoms with E-state index in [1.807, 2.05) is 6.08 Å². The summed E-state index contributed by atoms with van der Waals surface area (Å²) in [6.07, 6.45) is 54.6. The average molecular weight is 1090 g/mol. The Morgan fingerprint density at radius 3 is 1.26 bits per heavy atom.